The van der Waals surface area contributed by atoms with E-state index in [9.17, 15) is 4.79 Å². The van der Waals surface area contributed by atoms with Gasteiger partial charge in [-0.25, -0.2) is 0 Å². The van der Waals surface area contributed by atoms with Crippen molar-refractivity contribution in [2.45, 2.75) is 39.7 Å². The van der Waals surface area contributed by atoms with Crippen LogP contribution in [0.3, 0.4) is 0 Å². The summed E-state index contributed by atoms with van der Waals surface area (Å²) in [6.07, 6.45) is 1.89. The Morgan fingerprint density at radius 2 is 2.08 bits per heavy atom. The highest BCUT2D eigenvalue weighted by molar-refractivity contribution is 5.70. The predicted molar refractivity (Wildman–Crippen MR) is 47.1 cm³/mol. The highest BCUT2D eigenvalue weighted by Gasteiger charge is 2.19. The summed E-state index contributed by atoms with van der Waals surface area (Å²) < 4.78 is 5.32. The zero-order valence-corrected chi connectivity index (χ0v) is 8.04. The van der Waals surface area contributed by atoms with Crippen molar-refractivity contribution in [3.63, 3.8) is 0 Å². The minimum absolute atomic E-state index is 0.186. The van der Waals surface area contributed by atoms with Crippen molar-refractivity contribution >= 4 is 5.97 Å². The van der Waals surface area contributed by atoms with Gasteiger partial charge in [-0.05, 0) is 20.3 Å². The van der Waals surface area contributed by atoms with Crippen LogP contribution in [0, 0.1) is 5.92 Å². The molecule has 0 amide bonds. The molecule has 0 fully saturated rings. The van der Waals surface area contributed by atoms with E-state index in [0.717, 1.165) is 12.8 Å². The van der Waals surface area contributed by atoms with Crippen LogP contribution in [0.15, 0.2) is 0 Å². The van der Waals surface area contributed by atoms with Gasteiger partial charge >= 0.3 is 5.97 Å². The first kappa shape index (κ1) is 11.4. The van der Waals surface area contributed by atoms with E-state index in [1.807, 2.05) is 0 Å². The van der Waals surface area contributed by atoms with E-state index in [1.54, 1.807) is 13.8 Å². The Hall–Kier alpha value is -0.570. The van der Waals surface area contributed by atoms with Crippen molar-refractivity contribution in [1.29, 1.82) is 0 Å². The molecule has 12 heavy (non-hydrogen) atoms. The lowest BCUT2D eigenvalue weighted by Crippen LogP contribution is -2.25. The van der Waals surface area contributed by atoms with E-state index in [-0.39, 0.29) is 6.10 Å². The topological polar surface area (TPSA) is 46.5 Å². The van der Waals surface area contributed by atoms with Gasteiger partial charge in [0, 0.05) is 6.61 Å². The fourth-order valence-electron chi connectivity index (χ4n) is 0.759. The number of carboxylic acids is 1. The van der Waals surface area contributed by atoms with Gasteiger partial charge in [-0.3, -0.25) is 4.79 Å². The monoisotopic (exact) mass is 174 g/mol. The van der Waals surface area contributed by atoms with Crippen molar-refractivity contribution in [2.75, 3.05) is 6.61 Å². The lowest BCUT2D eigenvalue weighted by molar-refractivity contribution is -0.146. The number of hydrogen-bond donors (Lipinski definition) is 1. The number of hydrogen-bond acceptors (Lipinski definition) is 2. The Balaban J connectivity index is 3.56. The SMILES string of the molecule is CCCCOC(C)C(C)C(=O)O. The second kappa shape index (κ2) is 6.00. The van der Waals surface area contributed by atoms with Crippen molar-refractivity contribution in [3.05, 3.63) is 0 Å². The molecule has 2 unspecified atom stereocenters. The second-order valence-corrected chi connectivity index (χ2v) is 3.06. The van der Waals surface area contributed by atoms with Gasteiger partial charge in [-0.15, -0.1) is 0 Å². The minimum atomic E-state index is -0.793. The molecule has 0 spiro atoms. The molecule has 0 saturated heterocycles. The lowest BCUT2D eigenvalue weighted by Gasteiger charge is -2.16. The Morgan fingerprint density at radius 1 is 1.50 bits per heavy atom. The van der Waals surface area contributed by atoms with Gasteiger partial charge in [0.15, 0.2) is 0 Å². The molecule has 0 rings (SSSR count). The molecule has 0 aliphatic carbocycles. The summed E-state index contributed by atoms with van der Waals surface area (Å²) in [6.45, 7) is 6.21. The number of carbonyl (C=O) groups is 1. The van der Waals surface area contributed by atoms with Gasteiger partial charge in [0.2, 0.25) is 0 Å². The molecule has 0 aromatic carbocycles. The average molecular weight is 174 g/mol. The van der Waals surface area contributed by atoms with Crippen molar-refractivity contribution < 1.29 is 14.6 Å². The van der Waals surface area contributed by atoms with E-state index in [1.165, 1.54) is 0 Å². The van der Waals surface area contributed by atoms with Crippen LogP contribution in [0.1, 0.15) is 33.6 Å². The maximum atomic E-state index is 10.5. The van der Waals surface area contributed by atoms with E-state index in [4.69, 9.17) is 9.84 Å². The molecular formula is C9H18O3. The molecule has 0 aliphatic heterocycles. The minimum Gasteiger partial charge on any atom is -0.481 e. The quantitative estimate of drug-likeness (QED) is 0.626. The molecular weight excluding hydrogens is 156 g/mol. The second-order valence-electron chi connectivity index (χ2n) is 3.06. The molecule has 0 radical (unpaired) electrons. The Morgan fingerprint density at radius 3 is 2.50 bits per heavy atom. The van der Waals surface area contributed by atoms with Gasteiger partial charge < -0.3 is 9.84 Å². The summed E-state index contributed by atoms with van der Waals surface area (Å²) in [7, 11) is 0. The molecule has 1 N–H and O–H groups in total. The zero-order valence-electron chi connectivity index (χ0n) is 8.04. The van der Waals surface area contributed by atoms with Crippen LogP contribution in [-0.2, 0) is 9.53 Å². The fourth-order valence-corrected chi connectivity index (χ4v) is 0.759. The largest absolute Gasteiger partial charge is 0.481 e. The molecule has 2 atom stereocenters. The molecule has 0 saturated carbocycles. The first-order chi connectivity index (χ1) is 5.59. The van der Waals surface area contributed by atoms with E-state index in [0.29, 0.717) is 6.61 Å². The molecule has 72 valence electrons. The fraction of sp³-hybridized carbons (Fsp3) is 0.889. The average Bonchev–Trinajstić information content (AvgIpc) is 2.03. The van der Waals surface area contributed by atoms with Gasteiger partial charge in [-0.2, -0.15) is 0 Å². The summed E-state index contributed by atoms with van der Waals surface area (Å²) in [5.41, 5.74) is 0. The van der Waals surface area contributed by atoms with Crippen molar-refractivity contribution in [1.82, 2.24) is 0 Å². The van der Waals surface area contributed by atoms with Crippen molar-refractivity contribution in [3.8, 4) is 0 Å². The van der Waals surface area contributed by atoms with Crippen LogP contribution in [0.2, 0.25) is 0 Å². The highest BCUT2D eigenvalue weighted by Crippen LogP contribution is 2.07. The lowest BCUT2D eigenvalue weighted by atomic mass is 10.1. The third-order valence-corrected chi connectivity index (χ3v) is 1.97. The van der Waals surface area contributed by atoms with Crippen LogP contribution < -0.4 is 0 Å². The maximum Gasteiger partial charge on any atom is 0.308 e. The van der Waals surface area contributed by atoms with Crippen LogP contribution in [0.25, 0.3) is 0 Å². The third kappa shape index (κ3) is 4.34. The van der Waals surface area contributed by atoms with Gasteiger partial charge in [0.25, 0.3) is 0 Å². The Labute approximate surface area is 73.7 Å². The first-order valence-electron chi connectivity index (χ1n) is 4.44. The number of aliphatic carboxylic acids is 1. The third-order valence-electron chi connectivity index (χ3n) is 1.97. The molecule has 3 heteroatoms. The summed E-state index contributed by atoms with van der Waals surface area (Å²) >= 11 is 0. The maximum absolute atomic E-state index is 10.5. The number of carboxylic acid groups (broad SMARTS) is 1. The number of unbranched alkanes of at least 4 members (excludes halogenated alkanes) is 1. The predicted octanol–water partition coefficient (Wildman–Crippen LogP) is 1.91. The molecule has 0 bridgehead atoms. The van der Waals surface area contributed by atoms with Gasteiger partial charge in [0.05, 0.1) is 12.0 Å². The van der Waals surface area contributed by atoms with Crippen molar-refractivity contribution in [2.24, 2.45) is 5.92 Å². The standard InChI is InChI=1S/C9H18O3/c1-4-5-6-12-8(3)7(2)9(10)11/h7-8H,4-6H2,1-3H3,(H,10,11). The van der Waals surface area contributed by atoms with Crippen LogP contribution >= 0.6 is 0 Å². The van der Waals surface area contributed by atoms with Crippen LogP contribution in [0.4, 0.5) is 0 Å². The van der Waals surface area contributed by atoms with E-state index >= 15 is 0 Å². The smallest absolute Gasteiger partial charge is 0.308 e. The van der Waals surface area contributed by atoms with Crippen LogP contribution in [-0.4, -0.2) is 23.8 Å². The molecule has 0 aromatic heterocycles. The molecule has 3 nitrogen and oxygen atoms in total. The van der Waals surface area contributed by atoms with Gasteiger partial charge in [-0.1, -0.05) is 13.3 Å². The zero-order chi connectivity index (χ0) is 9.56. The first-order valence-corrected chi connectivity index (χ1v) is 4.44. The summed E-state index contributed by atoms with van der Waals surface area (Å²) in [4.78, 5) is 10.5. The van der Waals surface area contributed by atoms with Gasteiger partial charge in [0.1, 0.15) is 0 Å². The Kier molecular flexibility index (Phi) is 5.72. The summed E-state index contributed by atoms with van der Waals surface area (Å²) in [5.74, 6) is -1.21. The summed E-state index contributed by atoms with van der Waals surface area (Å²) in [6, 6.07) is 0. The molecule has 0 aliphatic rings. The van der Waals surface area contributed by atoms with E-state index < -0.39 is 11.9 Å². The number of ether oxygens (including phenoxy) is 1. The Bertz CT molecular complexity index is 134. The highest BCUT2D eigenvalue weighted by atomic mass is 16.5. The number of rotatable bonds is 6. The van der Waals surface area contributed by atoms with Crippen LogP contribution in [0.5, 0.6) is 0 Å². The van der Waals surface area contributed by atoms with E-state index in [2.05, 4.69) is 6.92 Å². The molecule has 0 aromatic rings. The normalized spacial score (nSPS) is 15.6. The molecule has 0 heterocycles. The summed E-state index contributed by atoms with van der Waals surface area (Å²) in [5, 5.41) is 8.63.